The van der Waals surface area contributed by atoms with Crippen LogP contribution in [-0.2, 0) is 0 Å². The first-order chi connectivity index (χ1) is 10.7. The molecule has 0 fully saturated rings. The zero-order valence-electron chi connectivity index (χ0n) is 12.9. The van der Waals surface area contributed by atoms with Gasteiger partial charge >= 0.3 is 50.5 Å². The van der Waals surface area contributed by atoms with Gasteiger partial charge in [0.2, 0.25) is 0 Å². The molecule has 7 heteroatoms. The van der Waals surface area contributed by atoms with Crippen LogP contribution in [0.3, 0.4) is 0 Å². The first-order valence-electron chi connectivity index (χ1n) is 6.78. The van der Waals surface area contributed by atoms with Crippen LogP contribution in [0.4, 0.5) is 0 Å². The zero-order chi connectivity index (χ0) is 16.5. The summed E-state index contributed by atoms with van der Waals surface area (Å²) in [5.74, 6) is 0.652. The third kappa shape index (κ3) is 6.07. The standard InChI is InChI=1S/C13H12N4.C2H6.CH4.I3/c1-9-12(11-6-4-3-5-7-11)10(2)17-13(16-9)14-8-15-17;1-2;;1-3-2/h3-8H,1-2H3;1-2H3;1H4;/q;;;-1. The van der Waals surface area contributed by atoms with Crippen molar-refractivity contribution in [2.24, 2.45) is 0 Å². The van der Waals surface area contributed by atoms with Crippen molar-refractivity contribution in [3.63, 3.8) is 0 Å². The van der Waals surface area contributed by atoms with Crippen LogP contribution >= 0.6 is 37.2 Å². The fourth-order valence-corrected chi connectivity index (χ4v) is 2.14. The molecule has 2 aromatic heterocycles. The first-order valence-corrected chi connectivity index (χ1v) is 19.4. The van der Waals surface area contributed by atoms with Gasteiger partial charge in [-0.05, 0) is 19.4 Å². The van der Waals surface area contributed by atoms with Crippen LogP contribution in [0, 0.1) is 13.8 Å². The Hall–Kier alpha value is -0.0400. The van der Waals surface area contributed by atoms with Crippen molar-refractivity contribution >= 4 is 43.0 Å². The number of hydrogen-bond acceptors (Lipinski definition) is 3. The summed E-state index contributed by atoms with van der Waals surface area (Å²) in [6.45, 7) is 8.04. The molecule has 3 rings (SSSR count). The number of rotatable bonds is 1. The molecule has 3 aromatic rings. The van der Waals surface area contributed by atoms with Crippen molar-refractivity contribution in [3.8, 4) is 11.1 Å². The number of benzene rings is 1. The van der Waals surface area contributed by atoms with Gasteiger partial charge in [0, 0.05) is 5.56 Å². The molecule has 4 nitrogen and oxygen atoms in total. The molecule has 0 radical (unpaired) electrons. The molecule has 0 unspecified atom stereocenters. The van der Waals surface area contributed by atoms with E-state index in [1.54, 1.807) is 4.52 Å². The summed E-state index contributed by atoms with van der Waals surface area (Å²) in [4.78, 5) is 8.58. The Bertz CT molecular complexity index is 699. The maximum atomic E-state index is 4.46. The van der Waals surface area contributed by atoms with Crippen LogP contribution in [0.2, 0.25) is 0 Å². The van der Waals surface area contributed by atoms with Gasteiger partial charge in [-0.3, -0.25) is 0 Å². The fraction of sp³-hybridized carbons (Fsp3) is 0.312. The second kappa shape index (κ2) is 12.3. The number of halogens is 3. The maximum absolute atomic E-state index is 4.46. The van der Waals surface area contributed by atoms with Crippen molar-refractivity contribution in [2.75, 3.05) is 0 Å². The number of aromatic nitrogens is 4. The molecule has 0 aliphatic carbocycles. The van der Waals surface area contributed by atoms with Gasteiger partial charge in [-0.25, -0.2) is 9.50 Å². The molecular weight excluding hydrogens is 629 g/mol. The molecule has 0 amide bonds. The Kier molecular flexibility index (Phi) is 12.3. The average molecular weight is 651 g/mol. The third-order valence-electron chi connectivity index (χ3n) is 2.90. The van der Waals surface area contributed by atoms with Gasteiger partial charge in [0.15, 0.2) is 0 Å². The van der Waals surface area contributed by atoms with Crippen LogP contribution < -0.4 is 13.3 Å². The molecule has 128 valence electrons. The van der Waals surface area contributed by atoms with Crippen molar-refractivity contribution < 1.29 is 13.3 Å². The molecule has 0 saturated carbocycles. The molecule has 0 spiro atoms. The predicted octanol–water partition coefficient (Wildman–Crippen LogP) is 2.85. The molecule has 0 N–H and O–H groups in total. The van der Waals surface area contributed by atoms with E-state index in [4.69, 9.17) is 0 Å². The van der Waals surface area contributed by atoms with E-state index in [1.807, 2.05) is 45.9 Å². The van der Waals surface area contributed by atoms with Gasteiger partial charge in [-0.1, -0.05) is 51.6 Å². The Labute approximate surface area is 168 Å². The van der Waals surface area contributed by atoms with Crippen LogP contribution in [0.5, 0.6) is 0 Å². The van der Waals surface area contributed by atoms with Crippen LogP contribution in [0.15, 0.2) is 36.7 Å². The number of hydrogen-bond donors (Lipinski definition) is 0. The van der Waals surface area contributed by atoms with E-state index in [1.165, 1.54) is 6.33 Å². The van der Waals surface area contributed by atoms with E-state index in [-0.39, 0.29) is 7.43 Å². The summed E-state index contributed by atoms with van der Waals surface area (Å²) >= 11 is 5.30. The summed E-state index contributed by atoms with van der Waals surface area (Å²) in [7, 11) is 0. The van der Waals surface area contributed by atoms with E-state index in [0.717, 1.165) is 22.5 Å². The minimum atomic E-state index is 0. The Morgan fingerprint density at radius 3 is 2.17 bits per heavy atom. The first kappa shape index (κ1) is 23.0. The second-order valence-corrected chi connectivity index (χ2v) is 20.3. The van der Waals surface area contributed by atoms with Crippen molar-refractivity contribution in [1.29, 1.82) is 0 Å². The summed E-state index contributed by atoms with van der Waals surface area (Å²) in [5, 5.41) is 4.19. The Morgan fingerprint density at radius 2 is 1.61 bits per heavy atom. The summed E-state index contributed by atoms with van der Waals surface area (Å²) in [6.07, 6.45) is 1.53. The van der Waals surface area contributed by atoms with E-state index in [0.29, 0.717) is 19.0 Å². The topological polar surface area (TPSA) is 43.1 Å². The normalized spacial score (nSPS) is 9.30. The Balaban J connectivity index is 0.000000729. The molecule has 0 atom stereocenters. The van der Waals surface area contributed by atoms with Crippen molar-refractivity contribution in [2.45, 2.75) is 35.1 Å². The predicted molar refractivity (Wildman–Crippen MR) is 112 cm³/mol. The van der Waals surface area contributed by atoms with Gasteiger partial charge in [0.05, 0.1) is 11.4 Å². The SMILES string of the molecule is C.CC.Cc1nc2ncnn2c(C)c1-c1ccccc1.I[I-]I. The van der Waals surface area contributed by atoms with E-state index >= 15 is 0 Å². The number of fused-ring (bicyclic) bond motifs is 1. The van der Waals surface area contributed by atoms with Crippen LogP contribution in [0.25, 0.3) is 16.9 Å². The van der Waals surface area contributed by atoms with E-state index in [9.17, 15) is 0 Å². The van der Waals surface area contributed by atoms with Gasteiger partial charge in [-0.2, -0.15) is 10.1 Å². The molecule has 1 aromatic carbocycles. The molecule has 0 aliphatic rings. The van der Waals surface area contributed by atoms with Crippen molar-refractivity contribution in [3.05, 3.63) is 48.0 Å². The van der Waals surface area contributed by atoms with Gasteiger partial charge in [0.25, 0.3) is 5.78 Å². The number of nitrogens with zero attached hydrogens (tertiary/aromatic N) is 4. The molecule has 23 heavy (non-hydrogen) atoms. The molecule has 0 aliphatic heterocycles. The summed E-state index contributed by atoms with van der Waals surface area (Å²) in [5.41, 5.74) is 4.33. The zero-order valence-corrected chi connectivity index (χ0v) is 19.4. The van der Waals surface area contributed by atoms with Crippen LogP contribution in [-0.4, -0.2) is 19.6 Å². The Morgan fingerprint density at radius 1 is 1.04 bits per heavy atom. The summed E-state index contributed by atoms with van der Waals surface area (Å²) in [6, 6.07) is 10.2. The average Bonchev–Trinajstić information content (AvgIpc) is 3.00. The van der Waals surface area contributed by atoms with E-state index < -0.39 is 0 Å². The molecular formula is C16H22I3N4-. The molecule has 0 bridgehead atoms. The quantitative estimate of drug-likeness (QED) is 0.381. The minimum absolute atomic E-state index is 0. The fourth-order valence-electron chi connectivity index (χ4n) is 2.14. The van der Waals surface area contributed by atoms with E-state index in [2.05, 4.69) is 64.4 Å². The van der Waals surface area contributed by atoms with Gasteiger partial charge < -0.3 is 0 Å². The van der Waals surface area contributed by atoms with Crippen LogP contribution in [0.1, 0.15) is 32.7 Å². The number of aryl methyl sites for hydroxylation is 2. The second-order valence-electron chi connectivity index (χ2n) is 4.05. The summed E-state index contributed by atoms with van der Waals surface area (Å²) < 4.78 is 1.77. The van der Waals surface area contributed by atoms with Crippen molar-refractivity contribution in [1.82, 2.24) is 19.6 Å². The molecule has 2 heterocycles. The van der Waals surface area contributed by atoms with Gasteiger partial charge in [-0.15, -0.1) is 0 Å². The third-order valence-corrected chi connectivity index (χ3v) is 2.90. The monoisotopic (exact) mass is 651 g/mol. The van der Waals surface area contributed by atoms with Gasteiger partial charge in [0.1, 0.15) is 6.33 Å². The molecule has 0 saturated heterocycles.